The first-order valence-corrected chi connectivity index (χ1v) is 10.9. The van der Waals surface area contributed by atoms with Gasteiger partial charge in [0.2, 0.25) is 0 Å². The van der Waals surface area contributed by atoms with E-state index in [0.29, 0.717) is 43.3 Å². The fourth-order valence-corrected chi connectivity index (χ4v) is 4.06. The van der Waals surface area contributed by atoms with Gasteiger partial charge in [0.15, 0.2) is 11.0 Å². The fourth-order valence-electron chi connectivity index (χ4n) is 3.80. The van der Waals surface area contributed by atoms with Crippen molar-refractivity contribution < 1.29 is 19.1 Å². The third-order valence-corrected chi connectivity index (χ3v) is 5.73. The molecule has 1 saturated heterocycles. The van der Waals surface area contributed by atoms with E-state index in [1.54, 1.807) is 14.0 Å². The SMILES string of the molecule is CCOC(=O)c1cc(C)cc(N2CC[C@H](NC(=O)c3nc(Cl)c(CC)[nH]3)[C@H](OC)C2)c1. The minimum absolute atomic E-state index is 0.169. The highest BCUT2D eigenvalue weighted by atomic mass is 35.5. The highest BCUT2D eigenvalue weighted by Crippen LogP contribution is 2.25. The molecule has 2 aromatic rings. The van der Waals surface area contributed by atoms with Crippen LogP contribution in [-0.4, -0.2) is 60.8 Å². The number of rotatable bonds is 7. The summed E-state index contributed by atoms with van der Waals surface area (Å²) < 4.78 is 10.8. The van der Waals surface area contributed by atoms with Crippen molar-refractivity contribution in [3.63, 3.8) is 0 Å². The Hall–Kier alpha value is -2.58. The number of imidazole rings is 1. The molecule has 3 rings (SSSR count). The number of aryl methyl sites for hydroxylation is 2. The van der Waals surface area contributed by atoms with Crippen molar-refractivity contribution in [3.8, 4) is 0 Å². The molecule has 1 fully saturated rings. The maximum absolute atomic E-state index is 12.6. The number of aromatic amines is 1. The van der Waals surface area contributed by atoms with Crippen molar-refractivity contribution in [1.29, 1.82) is 0 Å². The molecule has 0 unspecified atom stereocenters. The molecule has 31 heavy (non-hydrogen) atoms. The molecule has 1 aromatic carbocycles. The third-order valence-electron chi connectivity index (χ3n) is 5.41. The zero-order valence-electron chi connectivity index (χ0n) is 18.3. The molecule has 0 spiro atoms. The number of anilines is 1. The second-order valence-corrected chi connectivity index (χ2v) is 7.93. The molecule has 1 aromatic heterocycles. The lowest BCUT2D eigenvalue weighted by Gasteiger charge is -2.39. The number of H-pyrrole nitrogens is 1. The van der Waals surface area contributed by atoms with Gasteiger partial charge in [-0.2, -0.15) is 0 Å². The average Bonchev–Trinajstić information content (AvgIpc) is 3.14. The van der Waals surface area contributed by atoms with E-state index in [-0.39, 0.29) is 29.8 Å². The predicted molar refractivity (Wildman–Crippen MR) is 119 cm³/mol. The number of nitrogens with one attached hydrogen (secondary N) is 2. The minimum Gasteiger partial charge on any atom is -0.462 e. The molecule has 0 bridgehead atoms. The Kier molecular flexibility index (Phi) is 7.56. The van der Waals surface area contributed by atoms with Crippen molar-refractivity contribution in [2.24, 2.45) is 0 Å². The summed E-state index contributed by atoms with van der Waals surface area (Å²) in [6.45, 7) is 7.29. The number of carbonyl (C=O) groups excluding carboxylic acids is 2. The molecular weight excluding hydrogens is 420 g/mol. The summed E-state index contributed by atoms with van der Waals surface area (Å²) in [5, 5.41) is 3.34. The molecule has 0 radical (unpaired) electrons. The van der Waals surface area contributed by atoms with Gasteiger partial charge in [-0.1, -0.05) is 18.5 Å². The molecule has 1 amide bonds. The summed E-state index contributed by atoms with van der Waals surface area (Å²) in [6, 6.07) is 5.53. The van der Waals surface area contributed by atoms with E-state index in [9.17, 15) is 9.59 Å². The van der Waals surface area contributed by atoms with Gasteiger partial charge in [-0.15, -0.1) is 0 Å². The fraction of sp³-hybridized carbons (Fsp3) is 0.500. The topological polar surface area (TPSA) is 96.5 Å². The Morgan fingerprint density at radius 1 is 1.32 bits per heavy atom. The van der Waals surface area contributed by atoms with E-state index in [0.717, 1.165) is 16.9 Å². The van der Waals surface area contributed by atoms with Crippen LogP contribution in [0.4, 0.5) is 5.69 Å². The van der Waals surface area contributed by atoms with Crippen LogP contribution in [0.3, 0.4) is 0 Å². The van der Waals surface area contributed by atoms with Crippen LogP contribution in [0.2, 0.25) is 5.15 Å². The number of carbonyl (C=O) groups is 2. The molecule has 9 heteroatoms. The molecule has 1 aliphatic heterocycles. The van der Waals surface area contributed by atoms with E-state index >= 15 is 0 Å². The summed E-state index contributed by atoms with van der Waals surface area (Å²) >= 11 is 6.06. The number of ether oxygens (including phenoxy) is 2. The summed E-state index contributed by atoms with van der Waals surface area (Å²) in [7, 11) is 1.63. The number of amides is 1. The van der Waals surface area contributed by atoms with E-state index < -0.39 is 0 Å². The molecule has 0 saturated carbocycles. The highest BCUT2D eigenvalue weighted by Gasteiger charge is 2.32. The number of methoxy groups -OCH3 is 1. The van der Waals surface area contributed by atoms with E-state index in [4.69, 9.17) is 21.1 Å². The Balaban J connectivity index is 1.70. The standard InChI is InChI=1S/C22H29ClN4O4/c1-5-16-19(23)26-20(24-16)21(28)25-17-7-8-27(12-18(17)30-4)15-10-13(3)9-14(11-15)22(29)31-6-2/h9-11,17-18H,5-8,12H2,1-4H3,(H,24,26)(H,25,28)/t17-,18+/m0/s1. The molecule has 8 nitrogen and oxygen atoms in total. The summed E-state index contributed by atoms with van der Waals surface area (Å²) in [5.74, 6) is -0.430. The third kappa shape index (κ3) is 5.37. The quantitative estimate of drug-likeness (QED) is 0.631. The summed E-state index contributed by atoms with van der Waals surface area (Å²) in [4.78, 5) is 34.1. The molecule has 168 valence electrons. The maximum atomic E-state index is 12.6. The molecule has 2 N–H and O–H groups in total. The summed E-state index contributed by atoms with van der Waals surface area (Å²) in [6.07, 6.45) is 1.13. The lowest BCUT2D eigenvalue weighted by molar-refractivity contribution is 0.0522. The Labute approximate surface area is 187 Å². The lowest BCUT2D eigenvalue weighted by Crippen LogP contribution is -2.55. The van der Waals surface area contributed by atoms with E-state index in [1.165, 1.54) is 0 Å². The zero-order chi connectivity index (χ0) is 22.5. The van der Waals surface area contributed by atoms with Gasteiger partial charge in [0.25, 0.3) is 5.91 Å². The van der Waals surface area contributed by atoms with Gasteiger partial charge in [-0.3, -0.25) is 4.79 Å². The van der Waals surface area contributed by atoms with Crippen LogP contribution >= 0.6 is 11.6 Å². The number of hydrogen-bond acceptors (Lipinski definition) is 6. The smallest absolute Gasteiger partial charge is 0.338 e. The van der Waals surface area contributed by atoms with Crippen molar-refractivity contribution in [2.75, 3.05) is 31.7 Å². The number of halogens is 1. The van der Waals surface area contributed by atoms with Gasteiger partial charge in [-0.05, 0) is 50.5 Å². The second kappa shape index (κ2) is 10.2. The number of nitrogens with zero attached hydrogens (tertiary/aromatic N) is 2. The first-order chi connectivity index (χ1) is 14.9. The number of benzene rings is 1. The maximum Gasteiger partial charge on any atom is 0.338 e. The van der Waals surface area contributed by atoms with Crippen molar-refractivity contribution in [2.45, 2.75) is 45.8 Å². The Bertz CT molecular complexity index is 946. The number of hydrogen-bond donors (Lipinski definition) is 2. The monoisotopic (exact) mass is 448 g/mol. The van der Waals surface area contributed by atoms with Crippen LogP contribution in [0.15, 0.2) is 18.2 Å². The molecule has 1 aliphatic rings. The summed E-state index contributed by atoms with van der Waals surface area (Å²) in [5.41, 5.74) is 3.18. The van der Waals surface area contributed by atoms with Crippen molar-refractivity contribution in [3.05, 3.63) is 46.0 Å². The van der Waals surface area contributed by atoms with Gasteiger partial charge in [0, 0.05) is 25.9 Å². The van der Waals surface area contributed by atoms with Crippen LogP contribution in [0.25, 0.3) is 0 Å². The Morgan fingerprint density at radius 3 is 2.74 bits per heavy atom. The first-order valence-electron chi connectivity index (χ1n) is 10.5. The molecule has 2 atom stereocenters. The minimum atomic E-state index is -0.332. The van der Waals surface area contributed by atoms with E-state index in [2.05, 4.69) is 20.2 Å². The molecule has 0 aliphatic carbocycles. The van der Waals surface area contributed by atoms with E-state index in [1.807, 2.05) is 32.0 Å². The second-order valence-electron chi connectivity index (χ2n) is 7.57. The Morgan fingerprint density at radius 2 is 2.10 bits per heavy atom. The number of esters is 1. The van der Waals surface area contributed by atoms with Crippen LogP contribution in [0, 0.1) is 6.92 Å². The highest BCUT2D eigenvalue weighted by molar-refractivity contribution is 6.30. The first kappa shape index (κ1) is 23.1. The normalized spacial score (nSPS) is 18.7. The zero-order valence-corrected chi connectivity index (χ0v) is 19.1. The predicted octanol–water partition coefficient (Wildman–Crippen LogP) is 3.13. The lowest BCUT2D eigenvalue weighted by atomic mass is 10.00. The number of piperidine rings is 1. The van der Waals surface area contributed by atoms with Crippen LogP contribution in [-0.2, 0) is 15.9 Å². The average molecular weight is 449 g/mol. The van der Waals surface area contributed by atoms with Gasteiger partial charge < -0.3 is 24.7 Å². The van der Waals surface area contributed by atoms with Gasteiger partial charge in [-0.25, -0.2) is 9.78 Å². The number of aromatic nitrogens is 2. The van der Waals surface area contributed by atoms with Crippen molar-refractivity contribution in [1.82, 2.24) is 15.3 Å². The molecular formula is C22H29ClN4O4. The molecule has 2 heterocycles. The van der Waals surface area contributed by atoms with Crippen molar-refractivity contribution >= 4 is 29.2 Å². The van der Waals surface area contributed by atoms with Crippen LogP contribution in [0.1, 0.15) is 52.5 Å². The van der Waals surface area contributed by atoms with Crippen LogP contribution in [0.5, 0.6) is 0 Å². The van der Waals surface area contributed by atoms with Gasteiger partial charge in [0.1, 0.15) is 0 Å². The largest absolute Gasteiger partial charge is 0.462 e. The van der Waals surface area contributed by atoms with Gasteiger partial charge >= 0.3 is 5.97 Å². The van der Waals surface area contributed by atoms with Gasteiger partial charge in [0.05, 0.1) is 30.0 Å². The van der Waals surface area contributed by atoms with Crippen LogP contribution < -0.4 is 10.2 Å².